The maximum absolute atomic E-state index is 10.2. The Morgan fingerprint density at radius 3 is 2.62 bits per heavy atom. The minimum atomic E-state index is -0.322. The van der Waals surface area contributed by atoms with Gasteiger partial charge in [-0.2, -0.15) is 5.26 Å². The number of benzene rings is 2. The molecule has 0 saturated heterocycles. The molecular weight excluding hydrogens is 486 g/mol. The Bertz CT molecular complexity index is 1710. The Hall–Kier alpha value is -4.29. The molecule has 0 spiro atoms. The molecule has 2 heterocycles. The molecule has 0 radical (unpaired) electrons. The highest BCUT2D eigenvalue weighted by Gasteiger charge is 2.28. The van der Waals surface area contributed by atoms with Crippen LogP contribution in [-0.2, 0) is 19.3 Å². The number of nitrogens with zero attached hydrogens (tertiary/aromatic N) is 3. The molecule has 3 heteroatoms. The first-order chi connectivity index (χ1) is 19.5. The number of rotatable bonds is 3. The Morgan fingerprint density at radius 1 is 0.925 bits per heavy atom. The topological polar surface area (TPSA) is 32.0 Å². The first kappa shape index (κ1) is 24.7. The molecule has 40 heavy (non-hydrogen) atoms. The Balaban J connectivity index is 1.50. The van der Waals surface area contributed by atoms with Gasteiger partial charge in [0.1, 0.15) is 6.04 Å². The summed E-state index contributed by atoms with van der Waals surface area (Å²) in [5, 5.41) is 10.2. The molecule has 2 aromatic carbocycles. The number of allylic oxidation sites excluding steroid dienone is 5. The van der Waals surface area contributed by atoms with Gasteiger partial charge in [-0.15, -0.1) is 0 Å². The largest absolute Gasteiger partial charge is 0.361 e. The third-order valence-corrected chi connectivity index (χ3v) is 8.98. The van der Waals surface area contributed by atoms with Gasteiger partial charge in [0, 0.05) is 30.3 Å². The number of nitriles is 1. The maximum atomic E-state index is 10.2. The molecule has 7 rings (SSSR count). The second-order valence-electron chi connectivity index (χ2n) is 11.9. The lowest BCUT2D eigenvalue weighted by Gasteiger charge is -2.27. The van der Waals surface area contributed by atoms with Crippen molar-refractivity contribution in [1.29, 1.82) is 5.26 Å². The molecule has 0 bridgehead atoms. The van der Waals surface area contributed by atoms with Gasteiger partial charge in [0.15, 0.2) is 0 Å². The van der Waals surface area contributed by atoms with Crippen LogP contribution < -0.4 is 0 Å². The van der Waals surface area contributed by atoms with E-state index < -0.39 is 0 Å². The molecule has 1 aliphatic heterocycles. The summed E-state index contributed by atoms with van der Waals surface area (Å²) in [4.78, 5) is 2.01. The van der Waals surface area contributed by atoms with Crippen molar-refractivity contribution in [1.82, 2.24) is 9.47 Å². The third-order valence-electron chi connectivity index (χ3n) is 8.98. The van der Waals surface area contributed by atoms with Crippen LogP contribution in [0.1, 0.15) is 59.5 Å². The van der Waals surface area contributed by atoms with Crippen LogP contribution in [0.5, 0.6) is 0 Å². The Labute approximate surface area is 237 Å². The average Bonchev–Trinajstić information content (AvgIpc) is 3.28. The zero-order chi connectivity index (χ0) is 27.4. The van der Waals surface area contributed by atoms with E-state index >= 15 is 0 Å². The highest BCUT2D eigenvalue weighted by molar-refractivity contribution is 5.83. The normalized spacial score (nSPS) is 22.4. The van der Waals surface area contributed by atoms with Crippen LogP contribution in [0.4, 0.5) is 0 Å². The molecule has 0 saturated carbocycles. The number of hydrogen-bond acceptors (Lipinski definition) is 2. The summed E-state index contributed by atoms with van der Waals surface area (Å²) in [6.45, 7) is 4.62. The molecule has 1 aromatic heterocycles. The predicted octanol–water partition coefficient (Wildman–Crippen LogP) is 8.25. The van der Waals surface area contributed by atoms with Crippen molar-refractivity contribution in [2.75, 3.05) is 7.05 Å². The van der Waals surface area contributed by atoms with E-state index in [4.69, 9.17) is 0 Å². The van der Waals surface area contributed by atoms with Crippen molar-refractivity contribution < 1.29 is 0 Å². The van der Waals surface area contributed by atoms with E-state index in [9.17, 15) is 5.26 Å². The molecule has 198 valence electrons. The molecule has 3 nitrogen and oxygen atoms in total. The van der Waals surface area contributed by atoms with E-state index in [0.29, 0.717) is 11.8 Å². The zero-order valence-corrected chi connectivity index (χ0v) is 23.6. The van der Waals surface area contributed by atoms with Crippen LogP contribution >= 0.6 is 0 Å². The van der Waals surface area contributed by atoms with Crippen LogP contribution in [0.2, 0.25) is 0 Å². The van der Waals surface area contributed by atoms with Crippen molar-refractivity contribution >= 4 is 23.8 Å². The predicted molar refractivity (Wildman–Crippen MR) is 167 cm³/mol. The van der Waals surface area contributed by atoms with E-state index in [2.05, 4.69) is 109 Å². The van der Waals surface area contributed by atoms with E-state index in [1.54, 1.807) is 0 Å². The van der Waals surface area contributed by atoms with E-state index in [1.165, 1.54) is 50.5 Å². The van der Waals surface area contributed by atoms with Gasteiger partial charge in [0.25, 0.3) is 0 Å². The van der Waals surface area contributed by atoms with Gasteiger partial charge in [0.2, 0.25) is 0 Å². The van der Waals surface area contributed by atoms with Gasteiger partial charge < -0.3 is 9.47 Å². The minimum absolute atomic E-state index is 0.322. The summed E-state index contributed by atoms with van der Waals surface area (Å²) in [5.41, 5.74) is 14.2. The molecule has 3 aliphatic carbocycles. The number of aromatic nitrogens is 1. The van der Waals surface area contributed by atoms with Gasteiger partial charge in [-0.05, 0) is 112 Å². The van der Waals surface area contributed by atoms with Gasteiger partial charge in [-0.1, -0.05) is 68.5 Å². The SMILES string of the molecule is CC1C=Cc2c(c3c(n2-c2cc(C4=CC=CN(C)[C@@H]4C#N)cc(-c4cccc5c4CCC=C5)c2)C[C@@H](C)C=C3)C1. The number of hydrogen-bond donors (Lipinski definition) is 0. The lowest BCUT2D eigenvalue weighted by atomic mass is 9.87. The van der Waals surface area contributed by atoms with Crippen molar-refractivity contribution in [3.63, 3.8) is 0 Å². The summed E-state index contributed by atoms with van der Waals surface area (Å²) in [7, 11) is 1.99. The van der Waals surface area contributed by atoms with Gasteiger partial charge in [0.05, 0.1) is 6.07 Å². The fraction of sp³-hybridized carbons (Fsp3) is 0.270. The standard InChI is InChI=1S/C37H35N3/c1-24-14-16-35-34(18-24)33-15-13-25(2)19-36(33)40(35)29-21-27(31-11-6-9-26-8-4-5-10-30(26)31)20-28(22-29)32-12-7-17-39(3)37(32)23-38/h4,6-9,11-17,20-22,24-25,37H,5,10,18-19H2,1-3H3/t24?,25-,37+/m0/s1. The monoisotopic (exact) mass is 521 g/mol. The van der Waals surface area contributed by atoms with E-state index in [0.717, 1.165) is 36.8 Å². The van der Waals surface area contributed by atoms with Crippen LogP contribution in [-0.4, -0.2) is 22.6 Å². The second-order valence-corrected chi connectivity index (χ2v) is 11.9. The first-order valence-electron chi connectivity index (χ1n) is 14.6. The molecule has 4 aliphatic rings. The molecule has 1 unspecified atom stereocenters. The van der Waals surface area contributed by atoms with Gasteiger partial charge in [-0.3, -0.25) is 0 Å². The summed E-state index contributed by atoms with van der Waals surface area (Å²) < 4.78 is 2.53. The average molecular weight is 522 g/mol. The van der Waals surface area contributed by atoms with Crippen molar-refractivity contribution in [2.24, 2.45) is 11.8 Å². The first-order valence-corrected chi connectivity index (χ1v) is 14.6. The molecule has 3 aromatic rings. The molecule has 3 atom stereocenters. The molecular formula is C37H35N3. The van der Waals surface area contributed by atoms with Crippen LogP contribution in [0.25, 0.3) is 40.6 Å². The van der Waals surface area contributed by atoms with Crippen LogP contribution in [0.15, 0.2) is 73.0 Å². The summed E-state index contributed by atoms with van der Waals surface area (Å²) in [6, 6.07) is 15.9. The van der Waals surface area contributed by atoms with Crippen molar-refractivity contribution in [3.05, 3.63) is 112 Å². The molecule has 0 amide bonds. The summed E-state index contributed by atoms with van der Waals surface area (Å²) >= 11 is 0. The fourth-order valence-electron chi connectivity index (χ4n) is 6.98. The Morgan fingerprint density at radius 2 is 1.75 bits per heavy atom. The lowest BCUT2D eigenvalue weighted by Crippen LogP contribution is -2.28. The minimum Gasteiger partial charge on any atom is -0.361 e. The number of fused-ring (bicyclic) bond motifs is 4. The quantitative estimate of drug-likeness (QED) is 0.348. The maximum Gasteiger partial charge on any atom is 0.142 e. The number of likely N-dealkylation sites (N-methyl/N-ethyl adjacent to an activating group) is 1. The van der Waals surface area contributed by atoms with Gasteiger partial charge in [-0.25, -0.2) is 0 Å². The van der Waals surface area contributed by atoms with E-state index in [1.807, 2.05) is 18.1 Å². The zero-order valence-electron chi connectivity index (χ0n) is 23.6. The summed E-state index contributed by atoms with van der Waals surface area (Å²) in [5.74, 6) is 1.04. The fourth-order valence-corrected chi connectivity index (χ4v) is 6.98. The molecule has 0 fully saturated rings. The lowest BCUT2D eigenvalue weighted by molar-refractivity contribution is 0.450. The van der Waals surface area contributed by atoms with Crippen LogP contribution in [0, 0.1) is 23.2 Å². The Kier molecular flexibility index (Phi) is 6.01. The second kappa shape index (κ2) is 9.72. The van der Waals surface area contributed by atoms with E-state index in [-0.39, 0.29) is 6.04 Å². The highest BCUT2D eigenvalue weighted by Crippen LogP contribution is 2.41. The van der Waals surface area contributed by atoms with Crippen LogP contribution in [0.3, 0.4) is 0 Å². The third kappa shape index (κ3) is 4.02. The van der Waals surface area contributed by atoms with Gasteiger partial charge >= 0.3 is 0 Å². The van der Waals surface area contributed by atoms with Crippen molar-refractivity contribution in [3.8, 4) is 22.9 Å². The smallest absolute Gasteiger partial charge is 0.142 e. The highest BCUT2D eigenvalue weighted by atomic mass is 15.1. The van der Waals surface area contributed by atoms with Crippen molar-refractivity contribution in [2.45, 2.75) is 45.6 Å². The summed E-state index contributed by atoms with van der Waals surface area (Å²) in [6.07, 6.45) is 24.4. The molecule has 0 N–H and O–H groups in total.